The first kappa shape index (κ1) is 12.3. The monoisotopic (exact) mass is 258 g/mol. The normalized spacial score (nSPS) is 20.4. The smallest absolute Gasteiger partial charge is 0.0941 e. The zero-order valence-electron chi connectivity index (χ0n) is 10.0. The minimum absolute atomic E-state index is 0.382. The molecule has 2 nitrogen and oxygen atoms in total. The van der Waals surface area contributed by atoms with Gasteiger partial charge in [0.05, 0.1) is 16.6 Å². The number of hydrogen-bond acceptors (Lipinski definition) is 3. The van der Waals surface area contributed by atoms with Crippen molar-refractivity contribution in [2.24, 2.45) is 0 Å². The van der Waals surface area contributed by atoms with Crippen molar-refractivity contribution < 1.29 is 0 Å². The number of aromatic nitrogens is 1. The molecule has 4 heteroatoms. The fraction of sp³-hybridized carbons (Fsp3) is 0.750. The van der Waals surface area contributed by atoms with Gasteiger partial charge in [0.1, 0.15) is 0 Å². The quantitative estimate of drug-likeness (QED) is 0.771. The number of hydrogen-bond donors (Lipinski definition) is 0. The molecule has 1 saturated heterocycles. The molecule has 90 valence electrons. The first-order chi connectivity index (χ1) is 7.62. The Labute approximate surface area is 107 Å². The van der Waals surface area contributed by atoms with Crippen LogP contribution in [0.1, 0.15) is 37.4 Å². The number of rotatable bonds is 4. The summed E-state index contributed by atoms with van der Waals surface area (Å²) in [5, 5.41) is 3.29. The molecule has 0 amide bonds. The van der Waals surface area contributed by atoms with E-state index in [4.69, 9.17) is 11.6 Å². The molecule has 0 unspecified atom stereocenters. The van der Waals surface area contributed by atoms with Crippen molar-refractivity contribution in [3.63, 3.8) is 0 Å². The van der Waals surface area contributed by atoms with Crippen LogP contribution < -0.4 is 0 Å². The van der Waals surface area contributed by atoms with E-state index in [1.807, 2.05) is 0 Å². The molecular weight excluding hydrogens is 240 g/mol. The largest absolute Gasteiger partial charge is 0.298 e. The summed E-state index contributed by atoms with van der Waals surface area (Å²) in [7, 11) is 0. The maximum Gasteiger partial charge on any atom is 0.0941 e. The maximum atomic E-state index is 5.75. The molecule has 0 spiro atoms. The Hall–Kier alpha value is -0.120. The van der Waals surface area contributed by atoms with Gasteiger partial charge in [-0.1, -0.05) is 0 Å². The van der Waals surface area contributed by atoms with E-state index in [2.05, 4.69) is 29.1 Å². The second kappa shape index (κ2) is 5.03. The van der Waals surface area contributed by atoms with Crippen LogP contribution >= 0.6 is 22.9 Å². The van der Waals surface area contributed by atoms with Crippen molar-refractivity contribution in [2.45, 2.75) is 44.5 Å². The third-order valence-electron chi connectivity index (χ3n) is 3.40. The highest BCUT2D eigenvalue weighted by Gasteiger charge is 2.31. The summed E-state index contributed by atoms with van der Waals surface area (Å²) in [5.74, 6) is 0.533. The predicted octanol–water partition coefficient (Wildman–Crippen LogP) is 3.30. The summed E-state index contributed by atoms with van der Waals surface area (Å²) >= 11 is 7.48. The van der Waals surface area contributed by atoms with Gasteiger partial charge >= 0.3 is 0 Å². The van der Waals surface area contributed by atoms with Gasteiger partial charge in [0, 0.05) is 23.9 Å². The Morgan fingerprint density at radius 3 is 2.94 bits per heavy atom. The first-order valence-electron chi connectivity index (χ1n) is 5.86. The average molecular weight is 259 g/mol. The van der Waals surface area contributed by atoms with E-state index in [9.17, 15) is 0 Å². The standard InChI is InChI=1S/C12H19ClN2S/c1-12(2)5-3-6-15(12)7-4-11-14-10(8-13)9-16-11/h9H,3-8H2,1-2H3. The van der Waals surface area contributed by atoms with Crippen LogP contribution in [0.25, 0.3) is 0 Å². The van der Waals surface area contributed by atoms with Crippen LogP contribution in [0.4, 0.5) is 0 Å². The van der Waals surface area contributed by atoms with Crippen LogP contribution in [0.5, 0.6) is 0 Å². The van der Waals surface area contributed by atoms with E-state index < -0.39 is 0 Å². The van der Waals surface area contributed by atoms with Gasteiger partial charge in [-0.05, 0) is 33.2 Å². The lowest BCUT2D eigenvalue weighted by molar-refractivity contribution is 0.177. The highest BCUT2D eigenvalue weighted by Crippen LogP contribution is 2.28. The van der Waals surface area contributed by atoms with Crippen LogP contribution in [-0.2, 0) is 12.3 Å². The van der Waals surface area contributed by atoms with Crippen molar-refractivity contribution >= 4 is 22.9 Å². The Balaban J connectivity index is 1.87. The predicted molar refractivity (Wildman–Crippen MR) is 70.3 cm³/mol. The topological polar surface area (TPSA) is 16.1 Å². The molecule has 0 bridgehead atoms. The van der Waals surface area contributed by atoms with E-state index in [-0.39, 0.29) is 0 Å². The molecule has 1 aliphatic rings. The summed E-state index contributed by atoms with van der Waals surface area (Å²) < 4.78 is 0. The van der Waals surface area contributed by atoms with Crippen LogP contribution in [0, 0.1) is 0 Å². The lowest BCUT2D eigenvalue weighted by atomic mass is 10.0. The number of nitrogens with zero attached hydrogens (tertiary/aromatic N) is 2. The fourth-order valence-corrected chi connectivity index (χ4v) is 3.35. The molecule has 0 saturated carbocycles. The van der Waals surface area contributed by atoms with Gasteiger partial charge in [-0.25, -0.2) is 4.98 Å². The second-order valence-corrected chi connectivity index (χ2v) is 6.23. The summed E-state index contributed by atoms with van der Waals surface area (Å²) in [6.07, 6.45) is 3.71. The zero-order valence-corrected chi connectivity index (χ0v) is 11.6. The summed E-state index contributed by atoms with van der Waals surface area (Å²) in [6, 6.07) is 0. The van der Waals surface area contributed by atoms with Crippen LogP contribution in [0.15, 0.2) is 5.38 Å². The highest BCUT2D eigenvalue weighted by molar-refractivity contribution is 7.09. The Kier molecular flexibility index (Phi) is 3.88. The molecule has 0 aliphatic carbocycles. The minimum atomic E-state index is 0.382. The molecule has 1 fully saturated rings. The molecule has 0 atom stereocenters. The lowest BCUT2D eigenvalue weighted by Crippen LogP contribution is -2.39. The van der Waals surface area contributed by atoms with Crippen molar-refractivity contribution in [3.05, 3.63) is 16.1 Å². The molecule has 2 heterocycles. The molecule has 0 radical (unpaired) electrons. The highest BCUT2D eigenvalue weighted by atomic mass is 35.5. The number of halogens is 1. The second-order valence-electron chi connectivity index (χ2n) is 5.02. The van der Waals surface area contributed by atoms with E-state index in [1.165, 1.54) is 24.4 Å². The van der Waals surface area contributed by atoms with Gasteiger partial charge in [-0.15, -0.1) is 22.9 Å². The van der Waals surface area contributed by atoms with Crippen molar-refractivity contribution in [1.29, 1.82) is 0 Å². The van der Waals surface area contributed by atoms with Crippen molar-refractivity contribution in [3.8, 4) is 0 Å². The third-order valence-corrected chi connectivity index (χ3v) is 4.64. The van der Waals surface area contributed by atoms with Crippen LogP contribution in [-0.4, -0.2) is 28.5 Å². The van der Waals surface area contributed by atoms with E-state index in [0.29, 0.717) is 11.4 Å². The summed E-state index contributed by atoms with van der Waals surface area (Å²) in [4.78, 5) is 7.08. The zero-order chi connectivity index (χ0) is 11.6. The van der Waals surface area contributed by atoms with Gasteiger partial charge in [0.2, 0.25) is 0 Å². The number of thiazole rings is 1. The lowest BCUT2D eigenvalue weighted by Gasteiger charge is -2.31. The molecule has 0 aromatic carbocycles. The van der Waals surface area contributed by atoms with E-state index in [0.717, 1.165) is 18.7 Å². The van der Waals surface area contributed by atoms with Gasteiger partial charge in [0.15, 0.2) is 0 Å². The first-order valence-corrected chi connectivity index (χ1v) is 7.27. The Morgan fingerprint density at radius 2 is 2.38 bits per heavy atom. The average Bonchev–Trinajstić information content (AvgIpc) is 2.81. The Bertz CT molecular complexity index is 349. The number of alkyl halides is 1. The van der Waals surface area contributed by atoms with Gasteiger partial charge in [0.25, 0.3) is 0 Å². The molecule has 1 aromatic rings. The molecule has 0 N–H and O–H groups in total. The molecule has 1 aliphatic heterocycles. The van der Waals surface area contributed by atoms with Gasteiger partial charge < -0.3 is 0 Å². The van der Waals surface area contributed by atoms with Gasteiger partial charge in [-0.3, -0.25) is 4.90 Å². The summed E-state index contributed by atoms with van der Waals surface area (Å²) in [5.41, 5.74) is 1.40. The summed E-state index contributed by atoms with van der Waals surface area (Å²) in [6.45, 7) is 7.04. The van der Waals surface area contributed by atoms with Crippen molar-refractivity contribution in [1.82, 2.24) is 9.88 Å². The minimum Gasteiger partial charge on any atom is -0.298 e. The molecule has 1 aromatic heterocycles. The van der Waals surface area contributed by atoms with Gasteiger partial charge in [-0.2, -0.15) is 0 Å². The van der Waals surface area contributed by atoms with Crippen molar-refractivity contribution in [2.75, 3.05) is 13.1 Å². The Morgan fingerprint density at radius 1 is 1.56 bits per heavy atom. The van der Waals surface area contributed by atoms with Crippen LogP contribution in [0.2, 0.25) is 0 Å². The fourth-order valence-electron chi connectivity index (χ4n) is 2.33. The number of likely N-dealkylation sites (tertiary alicyclic amines) is 1. The third kappa shape index (κ3) is 2.76. The maximum absolute atomic E-state index is 5.75. The van der Waals surface area contributed by atoms with E-state index in [1.54, 1.807) is 11.3 Å². The van der Waals surface area contributed by atoms with Crippen LogP contribution in [0.3, 0.4) is 0 Å². The molecular formula is C12H19ClN2S. The molecule has 16 heavy (non-hydrogen) atoms. The SMILES string of the molecule is CC1(C)CCCN1CCc1nc(CCl)cs1. The van der Waals surface area contributed by atoms with E-state index >= 15 is 0 Å². The molecule has 2 rings (SSSR count).